The van der Waals surface area contributed by atoms with Crippen LogP contribution in [-0.2, 0) is 4.74 Å². The molecule has 0 aliphatic carbocycles. The molecule has 1 aliphatic rings. The molecule has 18 heavy (non-hydrogen) atoms. The Morgan fingerprint density at radius 3 is 3.11 bits per heavy atom. The fourth-order valence-corrected chi connectivity index (χ4v) is 2.21. The zero-order valence-electron chi connectivity index (χ0n) is 10.5. The Balaban J connectivity index is 2.08. The lowest BCUT2D eigenvalue weighted by molar-refractivity contribution is 0.0215. The number of ether oxygens (including phenoxy) is 1. The largest absolute Gasteiger partial charge is 0.478 e. The number of likely N-dealkylation sites (N-methyl/N-ethyl adjacent to an activating group) is 1. The van der Waals surface area contributed by atoms with Crippen LogP contribution in [0.5, 0.6) is 0 Å². The molecule has 0 amide bonds. The lowest BCUT2D eigenvalue weighted by Gasteiger charge is -2.28. The highest BCUT2D eigenvalue weighted by molar-refractivity contribution is 5.93. The summed E-state index contributed by atoms with van der Waals surface area (Å²) in [5.74, 6) is -0.450. The molecular formula is C13H18N2O3. The van der Waals surface area contributed by atoms with Crippen molar-refractivity contribution in [1.29, 1.82) is 0 Å². The number of aromatic carboxylic acids is 1. The Morgan fingerprint density at radius 1 is 1.61 bits per heavy atom. The molecule has 0 aromatic carbocycles. The van der Waals surface area contributed by atoms with Gasteiger partial charge < -0.3 is 14.7 Å². The van der Waals surface area contributed by atoms with E-state index in [1.54, 1.807) is 18.3 Å². The second kappa shape index (κ2) is 5.82. The molecule has 0 radical (unpaired) electrons. The Bertz CT molecular complexity index is 416. The van der Waals surface area contributed by atoms with Crippen molar-refractivity contribution < 1.29 is 14.6 Å². The molecule has 98 valence electrons. The van der Waals surface area contributed by atoms with Crippen molar-refractivity contribution in [2.75, 3.05) is 25.1 Å². The number of hydrogen-bond acceptors (Lipinski definition) is 4. The Hall–Kier alpha value is -1.62. The SMILES string of the molecule is CN(CC1CCCCO1)c1ncccc1C(=O)O. The molecule has 1 aromatic rings. The fourth-order valence-electron chi connectivity index (χ4n) is 2.21. The van der Waals surface area contributed by atoms with Crippen LogP contribution in [-0.4, -0.2) is 42.4 Å². The molecule has 1 aromatic heterocycles. The maximum absolute atomic E-state index is 11.1. The first-order valence-corrected chi connectivity index (χ1v) is 6.19. The van der Waals surface area contributed by atoms with Gasteiger partial charge >= 0.3 is 5.97 Å². The monoisotopic (exact) mass is 250 g/mol. The van der Waals surface area contributed by atoms with Gasteiger partial charge in [-0.3, -0.25) is 0 Å². The third-order valence-electron chi connectivity index (χ3n) is 3.13. The fraction of sp³-hybridized carbons (Fsp3) is 0.538. The van der Waals surface area contributed by atoms with Gasteiger partial charge in [0.05, 0.1) is 6.10 Å². The normalized spacial score (nSPS) is 19.5. The van der Waals surface area contributed by atoms with Gasteiger partial charge in [-0.25, -0.2) is 9.78 Å². The van der Waals surface area contributed by atoms with Crippen LogP contribution >= 0.6 is 0 Å². The molecule has 0 saturated carbocycles. The summed E-state index contributed by atoms with van der Waals surface area (Å²) in [6.07, 6.45) is 5.10. The molecule has 1 saturated heterocycles. The Labute approximate surface area is 106 Å². The molecule has 1 fully saturated rings. The van der Waals surface area contributed by atoms with E-state index in [9.17, 15) is 4.79 Å². The van der Waals surface area contributed by atoms with E-state index in [0.717, 1.165) is 19.4 Å². The van der Waals surface area contributed by atoms with Gasteiger partial charge in [0, 0.05) is 26.4 Å². The smallest absolute Gasteiger partial charge is 0.339 e. The van der Waals surface area contributed by atoms with E-state index in [-0.39, 0.29) is 11.7 Å². The maximum Gasteiger partial charge on any atom is 0.339 e. The highest BCUT2D eigenvalue weighted by atomic mass is 16.5. The lowest BCUT2D eigenvalue weighted by Crippen LogP contribution is -2.34. The second-order valence-electron chi connectivity index (χ2n) is 4.55. The van der Waals surface area contributed by atoms with Crippen molar-refractivity contribution in [2.24, 2.45) is 0 Å². The Kier molecular flexibility index (Phi) is 4.15. The van der Waals surface area contributed by atoms with Crippen molar-refractivity contribution in [3.05, 3.63) is 23.9 Å². The van der Waals surface area contributed by atoms with E-state index < -0.39 is 5.97 Å². The average Bonchev–Trinajstić information content (AvgIpc) is 2.40. The Morgan fingerprint density at radius 2 is 2.44 bits per heavy atom. The number of carboxylic acid groups (broad SMARTS) is 1. The van der Waals surface area contributed by atoms with E-state index in [0.29, 0.717) is 12.4 Å². The van der Waals surface area contributed by atoms with Gasteiger partial charge in [-0.1, -0.05) is 0 Å². The number of hydrogen-bond donors (Lipinski definition) is 1. The van der Waals surface area contributed by atoms with Crippen LogP contribution in [0, 0.1) is 0 Å². The van der Waals surface area contributed by atoms with Crippen LogP contribution in [0.3, 0.4) is 0 Å². The summed E-state index contributed by atoms with van der Waals surface area (Å²) in [6.45, 7) is 1.48. The summed E-state index contributed by atoms with van der Waals surface area (Å²) in [7, 11) is 1.85. The van der Waals surface area contributed by atoms with Crippen molar-refractivity contribution in [2.45, 2.75) is 25.4 Å². The van der Waals surface area contributed by atoms with Crippen LogP contribution < -0.4 is 4.90 Å². The first-order chi connectivity index (χ1) is 8.68. The van der Waals surface area contributed by atoms with Crippen molar-refractivity contribution in [1.82, 2.24) is 4.98 Å². The molecule has 1 aliphatic heterocycles. The molecule has 1 N–H and O–H groups in total. The third kappa shape index (κ3) is 2.98. The number of anilines is 1. The predicted octanol–water partition coefficient (Wildman–Crippen LogP) is 1.79. The van der Waals surface area contributed by atoms with Crippen molar-refractivity contribution >= 4 is 11.8 Å². The zero-order valence-corrected chi connectivity index (χ0v) is 10.5. The van der Waals surface area contributed by atoms with Gasteiger partial charge in [-0.2, -0.15) is 0 Å². The standard InChI is InChI=1S/C13H18N2O3/c1-15(9-10-5-2-3-8-18-10)12-11(13(16)17)6-4-7-14-12/h4,6-7,10H,2-3,5,8-9H2,1H3,(H,16,17). The first kappa shape index (κ1) is 12.8. The number of pyridine rings is 1. The van der Waals surface area contributed by atoms with E-state index >= 15 is 0 Å². The summed E-state index contributed by atoms with van der Waals surface area (Å²) in [4.78, 5) is 17.1. The van der Waals surface area contributed by atoms with Crippen LogP contribution in [0.25, 0.3) is 0 Å². The summed E-state index contributed by atoms with van der Waals surface area (Å²) < 4.78 is 5.65. The van der Waals surface area contributed by atoms with Gasteiger partial charge in [-0.15, -0.1) is 0 Å². The van der Waals surface area contributed by atoms with Crippen LogP contribution in [0.15, 0.2) is 18.3 Å². The van der Waals surface area contributed by atoms with E-state index in [4.69, 9.17) is 9.84 Å². The molecule has 2 heterocycles. The predicted molar refractivity (Wildman–Crippen MR) is 68.1 cm³/mol. The number of nitrogens with zero attached hydrogens (tertiary/aromatic N) is 2. The number of carbonyl (C=O) groups is 1. The van der Waals surface area contributed by atoms with Crippen LogP contribution in [0.4, 0.5) is 5.82 Å². The summed E-state index contributed by atoms with van der Waals surface area (Å²) in [5.41, 5.74) is 0.232. The average molecular weight is 250 g/mol. The summed E-state index contributed by atoms with van der Waals surface area (Å²) >= 11 is 0. The quantitative estimate of drug-likeness (QED) is 0.882. The highest BCUT2D eigenvalue weighted by Gasteiger charge is 2.19. The van der Waals surface area contributed by atoms with Gasteiger partial charge in [0.15, 0.2) is 0 Å². The molecule has 1 atom stereocenters. The van der Waals surface area contributed by atoms with Crippen LogP contribution in [0.2, 0.25) is 0 Å². The highest BCUT2D eigenvalue weighted by Crippen LogP contribution is 2.19. The molecule has 5 nitrogen and oxygen atoms in total. The van der Waals surface area contributed by atoms with E-state index in [1.807, 2.05) is 11.9 Å². The molecule has 0 bridgehead atoms. The zero-order chi connectivity index (χ0) is 13.0. The molecule has 1 unspecified atom stereocenters. The lowest BCUT2D eigenvalue weighted by atomic mass is 10.1. The van der Waals surface area contributed by atoms with Crippen molar-refractivity contribution in [3.63, 3.8) is 0 Å². The number of rotatable bonds is 4. The minimum absolute atomic E-state index is 0.174. The van der Waals surface area contributed by atoms with Gasteiger partial charge in [-0.05, 0) is 31.4 Å². The second-order valence-corrected chi connectivity index (χ2v) is 4.55. The first-order valence-electron chi connectivity index (χ1n) is 6.19. The minimum atomic E-state index is -0.950. The molecular weight excluding hydrogens is 232 g/mol. The summed E-state index contributed by atoms with van der Waals surface area (Å²) in [5, 5.41) is 9.12. The maximum atomic E-state index is 11.1. The number of aromatic nitrogens is 1. The molecule has 2 rings (SSSR count). The van der Waals surface area contributed by atoms with E-state index in [1.165, 1.54) is 6.42 Å². The minimum Gasteiger partial charge on any atom is -0.478 e. The summed E-state index contributed by atoms with van der Waals surface area (Å²) in [6, 6.07) is 3.21. The topological polar surface area (TPSA) is 62.7 Å². The van der Waals surface area contributed by atoms with Gasteiger partial charge in [0.1, 0.15) is 11.4 Å². The third-order valence-corrected chi connectivity index (χ3v) is 3.13. The van der Waals surface area contributed by atoms with Gasteiger partial charge in [0.2, 0.25) is 0 Å². The molecule has 0 spiro atoms. The molecule has 5 heteroatoms. The van der Waals surface area contributed by atoms with Crippen LogP contribution in [0.1, 0.15) is 29.6 Å². The van der Waals surface area contributed by atoms with Crippen molar-refractivity contribution in [3.8, 4) is 0 Å². The van der Waals surface area contributed by atoms with Gasteiger partial charge in [0.25, 0.3) is 0 Å². The number of carboxylic acids is 1. The van der Waals surface area contributed by atoms with E-state index in [2.05, 4.69) is 4.98 Å².